The predicted molar refractivity (Wildman–Crippen MR) is 121 cm³/mol. The van der Waals surface area contributed by atoms with Gasteiger partial charge in [0, 0.05) is 30.8 Å². The Labute approximate surface area is 192 Å². The first-order chi connectivity index (χ1) is 16.2. The summed E-state index contributed by atoms with van der Waals surface area (Å²) in [4.78, 5) is 66.0. The van der Waals surface area contributed by atoms with Gasteiger partial charge in [0.2, 0.25) is 12.4 Å². The number of hydrogen-bond donors (Lipinski definition) is 7. The van der Waals surface area contributed by atoms with Gasteiger partial charge >= 0.3 is 11.9 Å². The first kappa shape index (κ1) is 24.0. The second kappa shape index (κ2) is 10.3. The molecule has 0 saturated carbocycles. The summed E-state index contributed by atoms with van der Waals surface area (Å²) >= 11 is 0. The van der Waals surface area contributed by atoms with Crippen molar-refractivity contribution in [3.05, 3.63) is 40.2 Å². The quantitative estimate of drug-likeness (QED) is 0.213. The Morgan fingerprint density at radius 1 is 1.32 bits per heavy atom. The fourth-order valence-corrected chi connectivity index (χ4v) is 3.42. The van der Waals surface area contributed by atoms with E-state index >= 15 is 0 Å². The molecular formula is C20H23N7O7. The van der Waals surface area contributed by atoms with Crippen LogP contribution in [0.3, 0.4) is 0 Å². The number of nitrogen functional groups attached to an aromatic ring is 1. The van der Waals surface area contributed by atoms with Crippen LogP contribution in [-0.4, -0.2) is 69.6 Å². The molecule has 14 heteroatoms. The summed E-state index contributed by atoms with van der Waals surface area (Å²) < 4.78 is 0. The molecule has 1 aromatic heterocycles. The standard InChI is InChI=1S/C20H23N7O7/c21-20-25-16-15(18(32)26-20)27(9-28)12(8-23-16)7-22-11-3-1-2-10(6-11)17(31)24-13(19(33)34)4-5-14(29)30/h1-3,6,9,12-13,22H,4-5,7-8H2,(H,24,31)(H,29,30)(H,33,34)(H4,21,23,25,26,32). The van der Waals surface area contributed by atoms with Gasteiger partial charge in [0.1, 0.15) is 6.04 Å². The molecule has 0 fully saturated rings. The average molecular weight is 473 g/mol. The first-order valence-electron chi connectivity index (χ1n) is 10.2. The van der Waals surface area contributed by atoms with Crippen molar-refractivity contribution in [1.29, 1.82) is 0 Å². The number of nitrogens with one attached hydrogen (secondary N) is 4. The fraction of sp³-hybridized carbons (Fsp3) is 0.300. The molecule has 1 aliphatic rings. The predicted octanol–water partition coefficient (Wildman–Crippen LogP) is -0.731. The van der Waals surface area contributed by atoms with Crippen LogP contribution in [0.1, 0.15) is 23.2 Å². The summed E-state index contributed by atoms with van der Waals surface area (Å²) in [5, 5.41) is 26.3. The molecule has 2 heterocycles. The molecule has 2 atom stereocenters. The number of fused-ring (bicyclic) bond motifs is 1. The summed E-state index contributed by atoms with van der Waals surface area (Å²) in [7, 11) is 0. The number of aromatic nitrogens is 2. The Hall–Kier alpha value is -4.62. The van der Waals surface area contributed by atoms with Crippen LogP contribution in [-0.2, 0) is 14.4 Å². The molecule has 8 N–H and O–H groups in total. The van der Waals surface area contributed by atoms with E-state index in [2.05, 4.69) is 25.9 Å². The number of anilines is 4. The minimum absolute atomic E-state index is 0.0384. The fourth-order valence-electron chi connectivity index (χ4n) is 3.42. The first-order valence-corrected chi connectivity index (χ1v) is 10.2. The van der Waals surface area contributed by atoms with Crippen LogP contribution >= 0.6 is 0 Å². The summed E-state index contributed by atoms with van der Waals surface area (Å²) in [5.74, 6) is -3.08. The molecule has 0 radical (unpaired) electrons. The normalized spacial score (nSPS) is 15.4. The number of aromatic amines is 1. The SMILES string of the molecule is Nc1nc2c(c(=O)[nH]1)N(C=O)C(CNc1cccc(C(=O)NC(CCC(=O)O)C(=O)O)c1)CN2. The van der Waals surface area contributed by atoms with E-state index in [4.69, 9.17) is 10.8 Å². The maximum atomic E-state index is 12.5. The number of hydrogen-bond acceptors (Lipinski definition) is 9. The van der Waals surface area contributed by atoms with E-state index in [0.29, 0.717) is 12.1 Å². The number of carboxylic acid groups (broad SMARTS) is 2. The number of amides is 2. The molecule has 34 heavy (non-hydrogen) atoms. The summed E-state index contributed by atoms with van der Waals surface area (Å²) in [6.45, 7) is 0.481. The van der Waals surface area contributed by atoms with E-state index in [1.807, 2.05) is 0 Å². The maximum Gasteiger partial charge on any atom is 0.326 e. The molecule has 180 valence electrons. The third kappa shape index (κ3) is 5.59. The Morgan fingerprint density at radius 3 is 2.76 bits per heavy atom. The highest BCUT2D eigenvalue weighted by atomic mass is 16.4. The van der Waals surface area contributed by atoms with Crippen molar-refractivity contribution in [3.8, 4) is 0 Å². The summed E-state index contributed by atoms with van der Waals surface area (Å²) in [5.41, 5.74) is 5.67. The number of nitrogens with two attached hydrogens (primary N) is 1. The molecule has 0 saturated heterocycles. The van der Waals surface area contributed by atoms with Gasteiger partial charge in [-0.3, -0.25) is 24.2 Å². The van der Waals surface area contributed by atoms with Crippen molar-refractivity contribution >= 4 is 47.4 Å². The summed E-state index contributed by atoms with van der Waals surface area (Å²) in [6.07, 6.45) is -0.145. The Kier molecular flexibility index (Phi) is 7.30. The van der Waals surface area contributed by atoms with Crippen LogP contribution < -0.4 is 32.1 Å². The van der Waals surface area contributed by atoms with Gasteiger partial charge in [-0.05, 0) is 24.6 Å². The molecule has 0 bridgehead atoms. The van der Waals surface area contributed by atoms with Gasteiger partial charge < -0.3 is 36.8 Å². The lowest BCUT2D eigenvalue weighted by Crippen LogP contribution is -2.50. The zero-order valence-corrected chi connectivity index (χ0v) is 17.8. The monoisotopic (exact) mass is 473 g/mol. The van der Waals surface area contributed by atoms with Gasteiger partial charge in [0.25, 0.3) is 11.5 Å². The molecular weight excluding hydrogens is 450 g/mol. The lowest BCUT2D eigenvalue weighted by Gasteiger charge is -2.34. The Bertz CT molecular complexity index is 1170. The van der Waals surface area contributed by atoms with Crippen LogP contribution in [0.15, 0.2) is 29.1 Å². The van der Waals surface area contributed by atoms with Crippen molar-refractivity contribution in [2.24, 2.45) is 0 Å². The highest BCUT2D eigenvalue weighted by Crippen LogP contribution is 2.25. The van der Waals surface area contributed by atoms with Crippen LogP contribution in [0.5, 0.6) is 0 Å². The number of rotatable bonds is 10. The second-order valence-electron chi connectivity index (χ2n) is 7.45. The average Bonchev–Trinajstić information content (AvgIpc) is 2.79. The van der Waals surface area contributed by atoms with Gasteiger partial charge in [0.05, 0.1) is 6.04 Å². The van der Waals surface area contributed by atoms with Crippen molar-refractivity contribution in [1.82, 2.24) is 15.3 Å². The van der Waals surface area contributed by atoms with Gasteiger partial charge in [-0.1, -0.05) is 6.07 Å². The number of benzene rings is 1. The highest BCUT2D eigenvalue weighted by molar-refractivity contribution is 5.97. The molecule has 14 nitrogen and oxygen atoms in total. The van der Waals surface area contributed by atoms with Crippen LogP contribution in [0.25, 0.3) is 0 Å². The third-order valence-corrected chi connectivity index (χ3v) is 5.10. The van der Waals surface area contributed by atoms with E-state index in [1.54, 1.807) is 12.1 Å². The number of aliphatic carboxylic acids is 2. The molecule has 1 aromatic carbocycles. The highest BCUT2D eigenvalue weighted by Gasteiger charge is 2.30. The van der Waals surface area contributed by atoms with E-state index in [-0.39, 0.29) is 42.5 Å². The lowest BCUT2D eigenvalue weighted by molar-refractivity contribution is -0.140. The van der Waals surface area contributed by atoms with E-state index in [9.17, 15) is 29.1 Å². The summed E-state index contributed by atoms with van der Waals surface area (Å²) in [6, 6.07) is 4.38. The Morgan fingerprint density at radius 2 is 2.09 bits per heavy atom. The molecule has 2 aromatic rings. The number of H-pyrrole nitrogens is 1. The number of nitrogens with zero attached hydrogens (tertiary/aromatic N) is 2. The van der Waals surface area contributed by atoms with E-state index < -0.39 is 41.9 Å². The number of carbonyl (C=O) groups is 4. The topological polar surface area (TPSA) is 220 Å². The Balaban J connectivity index is 1.68. The molecule has 2 amide bonds. The van der Waals surface area contributed by atoms with Crippen molar-refractivity contribution in [3.63, 3.8) is 0 Å². The number of carbonyl (C=O) groups excluding carboxylic acids is 2. The molecule has 0 aliphatic carbocycles. The van der Waals surface area contributed by atoms with Crippen LogP contribution in [0.4, 0.5) is 23.1 Å². The van der Waals surface area contributed by atoms with Crippen molar-refractivity contribution in [2.45, 2.75) is 24.9 Å². The van der Waals surface area contributed by atoms with Crippen molar-refractivity contribution in [2.75, 3.05) is 34.4 Å². The second-order valence-corrected chi connectivity index (χ2v) is 7.45. The van der Waals surface area contributed by atoms with Gasteiger partial charge in [0.15, 0.2) is 11.5 Å². The van der Waals surface area contributed by atoms with Crippen LogP contribution in [0, 0.1) is 0 Å². The minimum Gasteiger partial charge on any atom is -0.481 e. The smallest absolute Gasteiger partial charge is 0.326 e. The molecule has 0 spiro atoms. The zero-order valence-electron chi connectivity index (χ0n) is 17.8. The lowest BCUT2D eigenvalue weighted by atomic mass is 10.1. The third-order valence-electron chi connectivity index (χ3n) is 5.10. The molecule has 3 rings (SSSR count). The largest absolute Gasteiger partial charge is 0.481 e. The van der Waals surface area contributed by atoms with Gasteiger partial charge in [-0.2, -0.15) is 4.98 Å². The minimum atomic E-state index is -1.35. The van der Waals surface area contributed by atoms with Gasteiger partial charge in [-0.15, -0.1) is 0 Å². The molecule has 2 unspecified atom stereocenters. The number of carboxylic acids is 2. The van der Waals surface area contributed by atoms with Crippen LogP contribution in [0.2, 0.25) is 0 Å². The maximum absolute atomic E-state index is 12.5. The van der Waals surface area contributed by atoms with E-state index in [1.165, 1.54) is 17.0 Å². The zero-order chi connectivity index (χ0) is 24.8. The van der Waals surface area contributed by atoms with E-state index in [0.717, 1.165) is 0 Å². The molecule has 1 aliphatic heterocycles. The van der Waals surface area contributed by atoms with Crippen molar-refractivity contribution < 1.29 is 29.4 Å². The van der Waals surface area contributed by atoms with Gasteiger partial charge in [-0.25, -0.2) is 4.79 Å².